The minimum absolute atomic E-state index is 0.138. The van der Waals surface area contributed by atoms with E-state index >= 15 is 0 Å². The Labute approximate surface area is 205 Å². The Bertz CT molecular complexity index is 1500. The molecule has 0 bridgehead atoms. The van der Waals surface area contributed by atoms with Gasteiger partial charge in [-0.1, -0.05) is 23.7 Å². The van der Waals surface area contributed by atoms with Crippen LogP contribution in [0, 0.1) is 6.92 Å². The van der Waals surface area contributed by atoms with Crippen LogP contribution in [-0.4, -0.2) is 38.4 Å². The topological polar surface area (TPSA) is 108 Å². The molecule has 1 fully saturated rings. The number of carbonyl (C=O) groups excluding carboxylic acids is 2. The van der Waals surface area contributed by atoms with Gasteiger partial charge in [-0.15, -0.1) is 0 Å². The lowest BCUT2D eigenvalue weighted by molar-refractivity contribution is -0.132. The number of imidazole rings is 1. The molecule has 1 saturated heterocycles. The quantitative estimate of drug-likeness (QED) is 0.234. The van der Waals surface area contributed by atoms with Gasteiger partial charge in [0.1, 0.15) is 17.6 Å². The summed E-state index contributed by atoms with van der Waals surface area (Å²) in [5, 5.41) is 11.5. The van der Waals surface area contributed by atoms with Crippen LogP contribution in [0.1, 0.15) is 29.8 Å². The highest BCUT2D eigenvalue weighted by Crippen LogP contribution is 2.42. The molecule has 1 aliphatic heterocycles. The average molecular weight is 489 g/mol. The SMILES string of the molecule is CCOc1ccc(Cl)c(/C(O)=C2\C(=O)C(=O)N(c3nc4ccc(C)cc4[nH]3)C2c2ccccn2)c1. The number of halogens is 1. The van der Waals surface area contributed by atoms with Gasteiger partial charge in [0, 0.05) is 11.8 Å². The van der Waals surface area contributed by atoms with Crippen LogP contribution >= 0.6 is 11.6 Å². The molecule has 2 N–H and O–H groups in total. The molecule has 8 nitrogen and oxygen atoms in total. The minimum Gasteiger partial charge on any atom is -0.507 e. The van der Waals surface area contributed by atoms with Gasteiger partial charge in [0.2, 0.25) is 5.95 Å². The summed E-state index contributed by atoms with van der Waals surface area (Å²) in [4.78, 5) is 39.9. The molecule has 0 saturated carbocycles. The third-order valence-electron chi connectivity index (χ3n) is 5.77. The predicted octanol–water partition coefficient (Wildman–Crippen LogP) is 4.94. The molecule has 0 aliphatic carbocycles. The van der Waals surface area contributed by atoms with Crippen LogP contribution in [0.15, 0.2) is 66.4 Å². The zero-order chi connectivity index (χ0) is 24.7. The number of aromatic amines is 1. The van der Waals surface area contributed by atoms with Crippen LogP contribution in [0.5, 0.6) is 5.75 Å². The van der Waals surface area contributed by atoms with E-state index in [0.29, 0.717) is 29.1 Å². The summed E-state index contributed by atoms with van der Waals surface area (Å²) in [6, 6.07) is 14.5. The van der Waals surface area contributed by atoms with E-state index in [0.717, 1.165) is 5.56 Å². The number of ketones is 1. The second-order valence-corrected chi connectivity index (χ2v) is 8.49. The first kappa shape index (κ1) is 22.6. The van der Waals surface area contributed by atoms with E-state index in [1.54, 1.807) is 36.5 Å². The summed E-state index contributed by atoms with van der Waals surface area (Å²) in [6.45, 7) is 4.18. The van der Waals surface area contributed by atoms with Gasteiger partial charge in [0.25, 0.3) is 5.78 Å². The Balaban J connectivity index is 1.72. The van der Waals surface area contributed by atoms with Gasteiger partial charge >= 0.3 is 5.91 Å². The molecule has 1 atom stereocenters. The van der Waals surface area contributed by atoms with Crippen molar-refractivity contribution < 1.29 is 19.4 Å². The third-order valence-corrected chi connectivity index (χ3v) is 6.10. The van der Waals surface area contributed by atoms with Crippen molar-refractivity contribution in [3.8, 4) is 5.75 Å². The van der Waals surface area contributed by atoms with Gasteiger partial charge in [0.15, 0.2) is 0 Å². The first-order chi connectivity index (χ1) is 16.9. The lowest BCUT2D eigenvalue weighted by Crippen LogP contribution is -2.30. The second-order valence-electron chi connectivity index (χ2n) is 8.08. The summed E-state index contributed by atoms with van der Waals surface area (Å²) in [5.41, 5.74) is 2.80. The fraction of sp³-hybridized carbons (Fsp3) is 0.154. The van der Waals surface area contributed by atoms with E-state index in [2.05, 4.69) is 15.0 Å². The van der Waals surface area contributed by atoms with Crippen LogP contribution in [-0.2, 0) is 9.59 Å². The van der Waals surface area contributed by atoms with E-state index in [9.17, 15) is 14.7 Å². The predicted molar refractivity (Wildman–Crippen MR) is 132 cm³/mol. The number of rotatable bonds is 5. The van der Waals surface area contributed by atoms with E-state index in [1.807, 2.05) is 32.0 Å². The third kappa shape index (κ3) is 3.91. The van der Waals surface area contributed by atoms with Gasteiger partial charge in [-0.25, -0.2) is 4.98 Å². The molecule has 1 unspecified atom stereocenters. The lowest BCUT2D eigenvalue weighted by Gasteiger charge is -2.22. The molecule has 1 aliphatic rings. The molecule has 1 amide bonds. The van der Waals surface area contributed by atoms with E-state index < -0.39 is 23.5 Å². The molecule has 176 valence electrons. The number of Topliss-reactive ketones (excluding diaryl/α,β-unsaturated/α-hetero) is 1. The number of pyridine rings is 1. The molecule has 0 spiro atoms. The maximum absolute atomic E-state index is 13.3. The number of nitrogens with zero attached hydrogens (tertiary/aromatic N) is 3. The molecule has 5 rings (SSSR count). The highest BCUT2D eigenvalue weighted by Gasteiger charge is 2.49. The summed E-state index contributed by atoms with van der Waals surface area (Å²) in [6.07, 6.45) is 1.56. The number of aromatic nitrogens is 3. The molecular formula is C26H21ClN4O4. The number of aliphatic hydroxyl groups excluding tert-OH is 1. The van der Waals surface area contributed by atoms with Gasteiger partial charge in [-0.05, 0) is 61.9 Å². The van der Waals surface area contributed by atoms with Crippen molar-refractivity contribution in [2.75, 3.05) is 11.5 Å². The number of aliphatic hydroxyl groups is 1. The fourth-order valence-corrected chi connectivity index (χ4v) is 4.39. The molecule has 2 aromatic heterocycles. The number of hydrogen-bond donors (Lipinski definition) is 2. The van der Waals surface area contributed by atoms with Gasteiger partial charge < -0.3 is 14.8 Å². The number of carbonyl (C=O) groups is 2. The Morgan fingerprint density at radius 3 is 2.74 bits per heavy atom. The molecule has 0 radical (unpaired) electrons. The molecule has 35 heavy (non-hydrogen) atoms. The number of H-pyrrole nitrogens is 1. The van der Waals surface area contributed by atoms with Crippen molar-refractivity contribution in [2.24, 2.45) is 0 Å². The Hall–Kier alpha value is -4.17. The zero-order valence-corrected chi connectivity index (χ0v) is 19.7. The van der Waals surface area contributed by atoms with Gasteiger partial charge in [0.05, 0.1) is 33.9 Å². The van der Waals surface area contributed by atoms with Gasteiger partial charge in [-0.3, -0.25) is 19.5 Å². The number of fused-ring (bicyclic) bond motifs is 1. The number of ether oxygens (including phenoxy) is 1. The van der Waals surface area contributed by atoms with Crippen molar-refractivity contribution >= 4 is 46.0 Å². The number of benzene rings is 2. The van der Waals surface area contributed by atoms with Crippen LogP contribution in [0.4, 0.5) is 5.95 Å². The fourth-order valence-electron chi connectivity index (χ4n) is 4.18. The highest BCUT2D eigenvalue weighted by atomic mass is 35.5. The largest absolute Gasteiger partial charge is 0.507 e. The van der Waals surface area contributed by atoms with Crippen molar-refractivity contribution in [1.82, 2.24) is 15.0 Å². The normalized spacial score (nSPS) is 17.3. The van der Waals surface area contributed by atoms with Crippen molar-refractivity contribution in [3.05, 3.63) is 88.2 Å². The maximum atomic E-state index is 13.3. The van der Waals surface area contributed by atoms with Gasteiger partial charge in [-0.2, -0.15) is 0 Å². The molecular weight excluding hydrogens is 468 g/mol. The summed E-state index contributed by atoms with van der Waals surface area (Å²) in [7, 11) is 0. The molecule has 4 aromatic rings. The average Bonchev–Trinajstić information content (AvgIpc) is 3.38. The monoisotopic (exact) mass is 488 g/mol. The van der Waals surface area contributed by atoms with Crippen LogP contribution in [0.25, 0.3) is 16.8 Å². The second kappa shape index (κ2) is 8.88. The zero-order valence-electron chi connectivity index (χ0n) is 18.9. The number of nitrogens with one attached hydrogen (secondary N) is 1. The number of amides is 1. The van der Waals surface area contributed by atoms with Crippen molar-refractivity contribution in [3.63, 3.8) is 0 Å². The standard InChI is InChI=1S/C26H21ClN4O4/c1-3-35-15-8-9-17(27)16(13-15)23(32)21-22(19-6-4-5-11-28-19)31(25(34)24(21)33)26-29-18-10-7-14(2)12-20(18)30-26/h4-13,22,32H,3H2,1-2H3,(H,29,30)/b23-21+. The molecule has 9 heteroatoms. The highest BCUT2D eigenvalue weighted by molar-refractivity contribution is 6.51. The summed E-state index contributed by atoms with van der Waals surface area (Å²) < 4.78 is 5.53. The minimum atomic E-state index is -1.02. The smallest absolute Gasteiger partial charge is 0.302 e. The Morgan fingerprint density at radius 2 is 2.00 bits per heavy atom. The van der Waals surface area contributed by atoms with Crippen molar-refractivity contribution in [2.45, 2.75) is 19.9 Å². The lowest BCUT2D eigenvalue weighted by atomic mass is 9.98. The summed E-state index contributed by atoms with van der Waals surface area (Å²) >= 11 is 6.38. The van der Waals surface area contributed by atoms with Crippen LogP contribution < -0.4 is 9.64 Å². The Kier molecular flexibility index (Phi) is 5.74. The summed E-state index contributed by atoms with van der Waals surface area (Å²) in [5.74, 6) is -1.48. The number of hydrogen-bond acceptors (Lipinski definition) is 6. The first-order valence-electron chi connectivity index (χ1n) is 11.0. The maximum Gasteiger partial charge on any atom is 0.302 e. The number of anilines is 1. The molecule has 3 heterocycles. The van der Waals surface area contributed by atoms with Crippen LogP contribution in [0.3, 0.4) is 0 Å². The first-order valence-corrected chi connectivity index (χ1v) is 11.4. The van der Waals surface area contributed by atoms with E-state index in [4.69, 9.17) is 16.3 Å². The van der Waals surface area contributed by atoms with E-state index in [1.165, 1.54) is 11.0 Å². The van der Waals surface area contributed by atoms with E-state index in [-0.39, 0.29) is 22.1 Å². The van der Waals surface area contributed by atoms with Crippen molar-refractivity contribution in [1.29, 1.82) is 0 Å². The molecule has 2 aromatic carbocycles. The Morgan fingerprint density at radius 1 is 1.17 bits per heavy atom. The number of aryl methyl sites for hydroxylation is 1. The van der Waals surface area contributed by atoms with Crippen LogP contribution in [0.2, 0.25) is 5.02 Å².